The van der Waals surface area contributed by atoms with Crippen LogP contribution >= 0.6 is 11.6 Å². The number of ketones is 1. The lowest BCUT2D eigenvalue weighted by Gasteiger charge is -2.26. The van der Waals surface area contributed by atoms with Crippen molar-refractivity contribution in [3.63, 3.8) is 0 Å². The van der Waals surface area contributed by atoms with Gasteiger partial charge in [0.25, 0.3) is 0 Å². The minimum absolute atomic E-state index is 0.123. The number of halogens is 1. The first kappa shape index (κ1) is 23.3. The second kappa shape index (κ2) is 9.96. The summed E-state index contributed by atoms with van der Waals surface area (Å²) < 4.78 is 5.92. The number of aromatic nitrogens is 2. The summed E-state index contributed by atoms with van der Waals surface area (Å²) in [6.07, 6.45) is 6.36. The average molecular weight is 463 g/mol. The minimum Gasteiger partial charge on any atom is -0.493 e. The molecule has 0 radical (unpaired) electrons. The second-order valence-electron chi connectivity index (χ2n) is 8.76. The van der Waals surface area contributed by atoms with Crippen LogP contribution in [0.1, 0.15) is 62.4 Å². The van der Waals surface area contributed by atoms with Gasteiger partial charge in [-0.1, -0.05) is 56.6 Å². The number of carbonyl (C=O) groups excluding carboxylic acids is 1. The molecule has 0 fully saturated rings. The van der Waals surface area contributed by atoms with E-state index in [9.17, 15) is 4.79 Å². The number of fused-ring (bicyclic) bond motifs is 1. The molecular weight excluding hydrogens is 432 g/mol. The van der Waals surface area contributed by atoms with Crippen LogP contribution in [-0.4, -0.2) is 22.6 Å². The molecule has 0 amide bonds. The maximum Gasteiger partial charge on any atom is 0.169 e. The Labute approximate surface area is 201 Å². The van der Waals surface area contributed by atoms with Gasteiger partial charge in [0.05, 0.1) is 18.7 Å². The molecule has 0 bridgehead atoms. The number of rotatable bonds is 7. The van der Waals surface area contributed by atoms with Crippen LogP contribution in [0.3, 0.4) is 0 Å². The first-order valence-electron chi connectivity index (χ1n) is 11.7. The quantitative estimate of drug-likeness (QED) is 0.383. The van der Waals surface area contributed by atoms with Gasteiger partial charge in [0.1, 0.15) is 5.75 Å². The first-order chi connectivity index (χ1) is 16.0. The number of aryl methyl sites for hydroxylation is 1. The maximum absolute atomic E-state index is 13.7. The molecule has 0 saturated heterocycles. The summed E-state index contributed by atoms with van der Waals surface area (Å²) in [4.78, 5) is 13.7. The van der Waals surface area contributed by atoms with Gasteiger partial charge in [0, 0.05) is 21.9 Å². The molecule has 2 heterocycles. The molecule has 4 rings (SSSR count). The predicted molar refractivity (Wildman–Crippen MR) is 135 cm³/mol. The molecule has 0 saturated carbocycles. The van der Waals surface area contributed by atoms with E-state index in [4.69, 9.17) is 16.3 Å². The lowest BCUT2D eigenvalue weighted by atomic mass is 9.82. The van der Waals surface area contributed by atoms with E-state index in [-0.39, 0.29) is 11.7 Å². The Morgan fingerprint density at radius 1 is 1.27 bits per heavy atom. The summed E-state index contributed by atoms with van der Waals surface area (Å²) >= 11 is 6.18. The van der Waals surface area contributed by atoms with Gasteiger partial charge >= 0.3 is 0 Å². The molecule has 1 N–H and O–H groups in total. The van der Waals surface area contributed by atoms with Crippen molar-refractivity contribution >= 4 is 23.0 Å². The van der Waals surface area contributed by atoms with Crippen LogP contribution in [0.2, 0.25) is 5.02 Å². The number of nitrogens with zero attached hydrogens (tertiary/aromatic N) is 1. The minimum atomic E-state index is -0.229. The summed E-state index contributed by atoms with van der Waals surface area (Å²) in [6.45, 7) is 8.86. The Morgan fingerprint density at radius 2 is 2.09 bits per heavy atom. The van der Waals surface area contributed by atoms with E-state index < -0.39 is 0 Å². The van der Waals surface area contributed by atoms with E-state index in [1.807, 2.05) is 37.4 Å². The molecule has 2 aromatic carbocycles. The van der Waals surface area contributed by atoms with Crippen molar-refractivity contribution < 1.29 is 9.53 Å². The van der Waals surface area contributed by atoms with Gasteiger partial charge < -0.3 is 4.74 Å². The van der Waals surface area contributed by atoms with E-state index in [0.29, 0.717) is 24.0 Å². The van der Waals surface area contributed by atoms with Crippen molar-refractivity contribution in [1.82, 2.24) is 10.2 Å². The number of hydrogen-bond donors (Lipinski definition) is 1. The fourth-order valence-electron chi connectivity index (χ4n) is 4.62. The van der Waals surface area contributed by atoms with Crippen LogP contribution in [0, 0.1) is 5.92 Å². The molecule has 172 valence electrons. The maximum atomic E-state index is 13.7. The fourth-order valence-corrected chi connectivity index (χ4v) is 4.81. The Kier molecular flexibility index (Phi) is 7.04. The largest absolute Gasteiger partial charge is 0.493 e. The molecule has 1 aromatic heterocycles. The van der Waals surface area contributed by atoms with Crippen molar-refractivity contribution in [3.8, 4) is 16.9 Å². The van der Waals surface area contributed by atoms with Crippen LogP contribution in [0.4, 0.5) is 0 Å². The molecule has 5 heteroatoms. The van der Waals surface area contributed by atoms with Gasteiger partial charge in [-0.3, -0.25) is 9.89 Å². The second-order valence-corrected chi connectivity index (χ2v) is 9.19. The fraction of sp³-hybridized carbons (Fsp3) is 0.357. The molecule has 0 spiro atoms. The predicted octanol–water partition coefficient (Wildman–Crippen LogP) is 7.03. The normalized spacial score (nSPS) is 16.8. The SMILES string of the molecule is C/C=C(/C(=O)C1COc2ccc(Cl)cc2C1)c1ccc(-c2cn[nH]c2CC)cc1C(C)CC. The molecule has 1 aliphatic rings. The zero-order chi connectivity index (χ0) is 23.5. The summed E-state index contributed by atoms with van der Waals surface area (Å²) in [7, 11) is 0. The average Bonchev–Trinajstić information content (AvgIpc) is 3.32. The number of H-pyrrole nitrogens is 1. The van der Waals surface area contributed by atoms with Gasteiger partial charge in [0.2, 0.25) is 0 Å². The third-order valence-corrected chi connectivity index (χ3v) is 6.96. The molecule has 4 nitrogen and oxygen atoms in total. The first-order valence-corrected chi connectivity index (χ1v) is 12.1. The molecule has 33 heavy (non-hydrogen) atoms. The van der Waals surface area contributed by atoms with E-state index in [1.54, 1.807) is 0 Å². The van der Waals surface area contributed by atoms with Crippen LogP contribution in [-0.2, 0) is 17.6 Å². The van der Waals surface area contributed by atoms with E-state index in [1.165, 1.54) is 5.56 Å². The smallest absolute Gasteiger partial charge is 0.169 e. The Balaban J connectivity index is 1.69. The lowest BCUT2D eigenvalue weighted by Crippen LogP contribution is -2.29. The Bertz CT molecular complexity index is 1190. The summed E-state index contributed by atoms with van der Waals surface area (Å²) in [6, 6.07) is 12.1. The summed E-state index contributed by atoms with van der Waals surface area (Å²) in [5.74, 6) is 1.04. The monoisotopic (exact) mass is 462 g/mol. The molecular formula is C28H31ClN2O2. The number of aromatic amines is 1. The van der Waals surface area contributed by atoms with Gasteiger partial charge in [-0.2, -0.15) is 5.10 Å². The van der Waals surface area contributed by atoms with Crippen LogP contribution in [0.15, 0.2) is 48.7 Å². The highest BCUT2D eigenvalue weighted by molar-refractivity contribution is 6.30. The highest BCUT2D eigenvalue weighted by atomic mass is 35.5. The van der Waals surface area contributed by atoms with Crippen molar-refractivity contribution in [2.24, 2.45) is 5.92 Å². The van der Waals surface area contributed by atoms with Gasteiger partial charge in [-0.05, 0) is 72.6 Å². The number of allylic oxidation sites excluding steroid dienone is 2. The van der Waals surface area contributed by atoms with Crippen LogP contribution in [0.25, 0.3) is 16.7 Å². The summed E-state index contributed by atoms with van der Waals surface area (Å²) in [5.41, 5.74) is 7.34. The zero-order valence-corrected chi connectivity index (χ0v) is 20.5. The number of Topliss-reactive ketones (excluding diaryl/α,β-unsaturated/α-hetero) is 1. The lowest BCUT2D eigenvalue weighted by molar-refractivity contribution is -0.118. The van der Waals surface area contributed by atoms with Crippen molar-refractivity contribution in [2.75, 3.05) is 6.61 Å². The van der Waals surface area contributed by atoms with Crippen molar-refractivity contribution in [3.05, 3.63) is 76.1 Å². The Hall–Kier alpha value is -2.85. The number of hydrogen-bond acceptors (Lipinski definition) is 3. The van der Waals surface area contributed by atoms with Crippen molar-refractivity contribution in [2.45, 2.75) is 52.9 Å². The third-order valence-electron chi connectivity index (χ3n) is 6.72. The highest BCUT2D eigenvalue weighted by Crippen LogP contribution is 2.36. The molecule has 3 aromatic rings. The number of benzene rings is 2. The zero-order valence-electron chi connectivity index (χ0n) is 19.7. The summed E-state index contributed by atoms with van der Waals surface area (Å²) in [5, 5.41) is 8.00. The number of carbonyl (C=O) groups is 1. The van der Waals surface area contributed by atoms with Crippen LogP contribution < -0.4 is 4.74 Å². The molecule has 1 aliphatic heterocycles. The van der Waals surface area contributed by atoms with E-state index in [2.05, 4.69) is 49.2 Å². The van der Waals surface area contributed by atoms with Gasteiger partial charge in [-0.15, -0.1) is 0 Å². The standard InChI is InChI=1S/C28H31ClN2O2/c1-5-17(4)24-14-18(25-15-30-31-26(25)7-3)8-10-23(24)22(6-2)28(32)20-12-19-13-21(29)9-11-27(19)33-16-20/h6,8-11,13-15,17,20H,5,7,12,16H2,1-4H3,(H,30,31)/b22-6+. The number of nitrogens with one attached hydrogen (secondary N) is 1. The highest BCUT2D eigenvalue weighted by Gasteiger charge is 2.30. The third kappa shape index (κ3) is 4.63. The van der Waals surface area contributed by atoms with Crippen LogP contribution in [0.5, 0.6) is 5.75 Å². The van der Waals surface area contributed by atoms with Crippen molar-refractivity contribution in [1.29, 1.82) is 0 Å². The molecule has 2 atom stereocenters. The Morgan fingerprint density at radius 3 is 2.82 bits per heavy atom. The molecule has 2 unspecified atom stereocenters. The topological polar surface area (TPSA) is 55.0 Å². The number of ether oxygens (including phenoxy) is 1. The van der Waals surface area contributed by atoms with Gasteiger partial charge in [0.15, 0.2) is 5.78 Å². The molecule has 0 aliphatic carbocycles. The van der Waals surface area contributed by atoms with E-state index >= 15 is 0 Å². The van der Waals surface area contributed by atoms with Gasteiger partial charge in [-0.25, -0.2) is 0 Å². The van der Waals surface area contributed by atoms with E-state index in [0.717, 1.165) is 52.1 Å².